The fourth-order valence-corrected chi connectivity index (χ4v) is 6.91. The van der Waals surface area contributed by atoms with Crippen molar-refractivity contribution in [2.45, 2.75) is 23.7 Å². The Kier molecular flexibility index (Phi) is 7.36. The molecular formula is C27H29FN2O8S. The maximum absolute atomic E-state index is 14.2. The fourth-order valence-electron chi connectivity index (χ4n) is 5.36. The number of fused-ring (bicyclic) bond motifs is 3. The van der Waals surface area contributed by atoms with Crippen LogP contribution in [0.4, 0.5) is 14.9 Å². The first-order chi connectivity index (χ1) is 18.6. The van der Waals surface area contributed by atoms with Crippen LogP contribution in [-0.4, -0.2) is 75.6 Å². The topological polar surface area (TPSA) is 134 Å². The van der Waals surface area contributed by atoms with E-state index in [2.05, 4.69) is 4.90 Å². The molecule has 0 bridgehead atoms. The van der Waals surface area contributed by atoms with Gasteiger partial charge in [-0.15, -0.1) is 0 Å². The number of rotatable bonds is 8. The number of methoxy groups -OCH3 is 1. The number of carbonyl (C=O) groups excluding carboxylic acids is 1. The molecule has 208 valence electrons. The quantitative estimate of drug-likeness (QED) is 0.499. The Morgan fingerprint density at radius 3 is 2.77 bits per heavy atom. The number of halogens is 1. The summed E-state index contributed by atoms with van der Waals surface area (Å²) in [5.41, 5.74) is -0.254. The number of carbonyl (C=O) groups is 2. The summed E-state index contributed by atoms with van der Waals surface area (Å²) in [6.45, 7) is 2.28. The molecule has 0 aromatic heterocycles. The first-order valence-electron chi connectivity index (χ1n) is 12.6. The van der Waals surface area contributed by atoms with Crippen molar-refractivity contribution in [3.63, 3.8) is 0 Å². The van der Waals surface area contributed by atoms with E-state index in [1.54, 1.807) is 12.1 Å². The Hall–Kier alpha value is -3.48. The number of aromatic carboxylic acids is 1. The Balaban J connectivity index is 1.55. The molecule has 1 aliphatic carbocycles. The van der Waals surface area contributed by atoms with Gasteiger partial charge < -0.3 is 19.7 Å². The van der Waals surface area contributed by atoms with Crippen molar-refractivity contribution < 1.29 is 42.1 Å². The number of aliphatic hydroxyl groups is 1. The van der Waals surface area contributed by atoms with Crippen LogP contribution in [0.25, 0.3) is 6.08 Å². The lowest BCUT2D eigenvalue weighted by molar-refractivity contribution is 0.0692. The highest BCUT2D eigenvalue weighted by molar-refractivity contribution is 7.93. The molecule has 0 unspecified atom stereocenters. The van der Waals surface area contributed by atoms with Crippen LogP contribution >= 0.6 is 0 Å². The number of aliphatic hydroxyl groups excluding tert-OH is 1. The van der Waals surface area contributed by atoms with Gasteiger partial charge in [0, 0.05) is 25.6 Å². The van der Waals surface area contributed by atoms with Gasteiger partial charge in [-0.05, 0) is 66.6 Å². The molecular weight excluding hydrogens is 531 g/mol. The zero-order valence-electron chi connectivity index (χ0n) is 21.2. The predicted molar refractivity (Wildman–Crippen MR) is 139 cm³/mol. The van der Waals surface area contributed by atoms with Gasteiger partial charge in [-0.3, -0.25) is 4.90 Å². The van der Waals surface area contributed by atoms with E-state index in [9.17, 15) is 32.6 Å². The molecule has 1 amide bonds. The van der Waals surface area contributed by atoms with Gasteiger partial charge in [0.05, 0.1) is 24.3 Å². The largest absolute Gasteiger partial charge is 0.492 e. The second kappa shape index (κ2) is 10.6. The fraction of sp³-hybridized carbons (Fsp3) is 0.407. The van der Waals surface area contributed by atoms with Crippen LogP contribution in [0.1, 0.15) is 40.2 Å². The van der Waals surface area contributed by atoms with Crippen LogP contribution in [0.15, 0.2) is 41.3 Å². The predicted octanol–water partition coefficient (Wildman–Crippen LogP) is 3.31. The monoisotopic (exact) mass is 560 g/mol. The number of nitrogens with zero attached hydrogens (tertiary/aromatic N) is 2. The van der Waals surface area contributed by atoms with Gasteiger partial charge >= 0.3 is 12.1 Å². The van der Waals surface area contributed by atoms with Gasteiger partial charge in [-0.25, -0.2) is 22.4 Å². The molecule has 0 radical (unpaired) electrons. The minimum absolute atomic E-state index is 0.0197. The third-order valence-corrected chi connectivity index (χ3v) is 9.24. The molecule has 2 aromatic carbocycles. The Labute approximate surface area is 225 Å². The van der Waals surface area contributed by atoms with E-state index in [1.165, 1.54) is 12.1 Å². The molecule has 10 nitrogen and oxygen atoms in total. The first-order valence-corrected chi connectivity index (χ1v) is 14.0. The average Bonchev–Trinajstić information content (AvgIpc) is 3.57. The molecule has 5 rings (SSSR count). The van der Waals surface area contributed by atoms with E-state index in [4.69, 9.17) is 9.47 Å². The molecule has 3 aliphatic rings. The number of carboxylic acid groups (broad SMARTS) is 1. The number of hydrogen-bond donors (Lipinski definition) is 2. The number of carboxylic acids is 1. The van der Waals surface area contributed by atoms with E-state index in [0.717, 1.165) is 44.7 Å². The molecule has 0 spiro atoms. The highest BCUT2D eigenvalue weighted by atomic mass is 32.2. The summed E-state index contributed by atoms with van der Waals surface area (Å²) in [5.74, 6) is -1.53. The lowest BCUT2D eigenvalue weighted by Gasteiger charge is -2.26. The summed E-state index contributed by atoms with van der Waals surface area (Å²) in [6, 6.07) is 5.86. The molecule has 2 N–H and O–H groups in total. The van der Waals surface area contributed by atoms with E-state index in [1.807, 2.05) is 0 Å². The standard InChI is InChI=1S/C27H29FN2O8S/c1-37-27(34)30(22-6-5-20-21-12-18(21)15-38-25(20)24(22)26(32)33)39(35,36)23-7-4-19(28)11-17(23)3-2-9-29-10-8-16(13-29)14-31/h2-7,11,16,18,21,31H,8-10,12-15H2,1H3,(H,32,33)/t16-,18-,21-/m0/s1. The summed E-state index contributed by atoms with van der Waals surface area (Å²) in [6.07, 6.45) is 3.48. The first kappa shape index (κ1) is 27.1. The number of likely N-dealkylation sites (tertiary alicyclic amines) is 1. The Morgan fingerprint density at radius 1 is 1.28 bits per heavy atom. The second-order valence-electron chi connectivity index (χ2n) is 10.0. The number of hydrogen-bond acceptors (Lipinski definition) is 8. The zero-order chi connectivity index (χ0) is 27.9. The second-order valence-corrected chi connectivity index (χ2v) is 11.8. The van der Waals surface area contributed by atoms with Crippen LogP contribution in [0.2, 0.25) is 0 Å². The number of ether oxygens (including phenoxy) is 2. The number of anilines is 1. The van der Waals surface area contributed by atoms with Crippen LogP contribution in [0.3, 0.4) is 0 Å². The summed E-state index contributed by atoms with van der Waals surface area (Å²) in [7, 11) is -3.80. The van der Waals surface area contributed by atoms with E-state index in [0.29, 0.717) is 25.3 Å². The zero-order valence-corrected chi connectivity index (χ0v) is 22.1. The van der Waals surface area contributed by atoms with Crippen molar-refractivity contribution in [3.05, 3.63) is 58.9 Å². The highest BCUT2D eigenvalue weighted by Gasteiger charge is 2.47. The lowest BCUT2D eigenvalue weighted by Crippen LogP contribution is -2.38. The molecule has 2 heterocycles. The smallest absolute Gasteiger partial charge is 0.428 e. The van der Waals surface area contributed by atoms with Crippen LogP contribution in [0.5, 0.6) is 5.75 Å². The summed E-state index contributed by atoms with van der Waals surface area (Å²) < 4.78 is 53.0. The van der Waals surface area contributed by atoms with Crippen molar-refractivity contribution in [2.24, 2.45) is 11.8 Å². The van der Waals surface area contributed by atoms with E-state index >= 15 is 0 Å². The molecule has 2 aromatic rings. The van der Waals surface area contributed by atoms with Crippen molar-refractivity contribution in [3.8, 4) is 5.75 Å². The van der Waals surface area contributed by atoms with Gasteiger partial charge in [0.2, 0.25) is 0 Å². The molecule has 12 heteroatoms. The minimum atomic E-state index is -4.79. The molecule has 39 heavy (non-hydrogen) atoms. The highest BCUT2D eigenvalue weighted by Crippen LogP contribution is 2.55. The van der Waals surface area contributed by atoms with Crippen LogP contribution < -0.4 is 9.04 Å². The van der Waals surface area contributed by atoms with E-state index in [-0.39, 0.29) is 40.0 Å². The molecule has 2 fully saturated rings. The normalized spacial score (nSPS) is 22.2. The summed E-state index contributed by atoms with van der Waals surface area (Å²) >= 11 is 0. The number of benzene rings is 2. The Bertz CT molecular complexity index is 1440. The van der Waals surface area contributed by atoms with Crippen LogP contribution in [0, 0.1) is 17.7 Å². The third kappa shape index (κ3) is 5.11. The van der Waals surface area contributed by atoms with Crippen molar-refractivity contribution in [1.29, 1.82) is 0 Å². The number of amides is 1. The van der Waals surface area contributed by atoms with Gasteiger partial charge in [0.25, 0.3) is 10.0 Å². The molecule has 1 saturated carbocycles. The summed E-state index contributed by atoms with van der Waals surface area (Å²) in [5, 5.41) is 19.4. The maximum Gasteiger partial charge on any atom is 0.428 e. The van der Waals surface area contributed by atoms with Crippen LogP contribution in [-0.2, 0) is 14.8 Å². The Morgan fingerprint density at radius 2 is 2.08 bits per heavy atom. The molecule has 3 atom stereocenters. The maximum atomic E-state index is 14.2. The van der Waals surface area contributed by atoms with Gasteiger partial charge in [0.15, 0.2) is 0 Å². The van der Waals surface area contributed by atoms with Crippen molar-refractivity contribution >= 4 is 33.8 Å². The van der Waals surface area contributed by atoms with Gasteiger partial charge in [0.1, 0.15) is 17.1 Å². The summed E-state index contributed by atoms with van der Waals surface area (Å²) in [4.78, 5) is 27.0. The third-order valence-electron chi connectivity index (χ3n) is 7.48. The molecule has 1 saturated heterocycles. The van der Waals surface area contributed by atoms with Crippen molar-refractivity contribution in [2.75, 3.05) is 44.3 Å². The van der Waals surface area contributed by atoms with Gasteiger partial charge in [-0.2, -0.15) is 4.31 Å². The minimum Gasteiger partial charge on any atom is -0.492 e. The average molecular weight is 561 g/mol. The van der Waals surface area contributed by atoms with E-state index < -0.39 is 44.0 Å². The lowest BCUT2D eigenvalue weighted by atomic mass is 10.00. The molecule has 2 aliphatic heterocycles. The van der Waals surface area contributed by atoms with Gasteiger partial charge in [-0.1, -0.05) is 18.2 Å². The van der Waals surface area contributed by atoms with Crippen molar-refractivity contribution in [1.82, 2.24) is 4.90 Å². The SMILES string of the molecule is COC(=O)N(c1ccc2c(c1C(=O)O)OC[C@@H]1C[C@H]21)S(=O)(=O)c1ccc(F)cc1C=CCN1CC[C@H](CO)C1. The number of sulfonamides is 1.